The summed E-state index contributed by atoms with van der Waals surface area (Å²) < 4.78 is 15.9. The fourth-order valence-electron chi connectivity index (χ4n) is 6.70. The Morgan fingerprint density at radius 2 is 1.90 bits per heavy atom. The maximum absolute atomic E-state index is 12.9. The monoisotopic (exact) mass is 542 g/mol. The first kappa shape index (κ1) is 24.1. The van der Waals surface area contributed by atoms with Gasteiger partial charge in [0, 0.05) is 32.5 Å². The Morgan fingerprint density at radius 3 is 2.62 bits per heavy atom. The number of benzene rings is 1. The summed E-state index contributed by atoms with van der Waals surface area (Å²) in [5.74, 6) is 2.82. The number of carbonyl (C=O) groups is 1. The van der Waals surface area contributed by atoms with Gasteiger partial charge in [-0.1, -0.05) is 25.5 Å². The topological polar surface area (TPSA) is 103 Å². The molecule has 5 heterocycles. The fourth-order valence-corrected chi connectivity index (χ4v) is 6.70. The molecule has 0 bridgehead atoms. The number of imidazole rings is 2. The van der Waals surface area contributed by atoms with Gasteiger partial charge in [-0.05, 0) is 36.8 Å². The molecule has 8 rings (SSSR count). The van der Waals surface area contributed by atoms with Crippen LogP contribution in [0.5, 0.6) is 6.01 Å². The molecule has 2 saturated carbocycles. The zero-order valence-electron chi connectivity index (χ0n) is 23.0. The molecule has 0 unspecified atom stereocenters. The van der Waals surface area contributed by atoms with Crippen LogP contribution in [-0.4, -0.2) is 85.4 Å². The number of rotatable bonds is 6. The minimum absolute atomic E-state index is 0.0703. The maximum Gasteiger partial charge on any atom is 0.298 e. The molecular formula is C29H34N8O3. The third kappa shape index (κ3) is 3.63. The van der Waals surface area contributed by atoms with E-state index >= 15 is 0 Å². The number of para-hydroxylation sites is 2. The zero-order chi connectivity index (χ0) is 27.0. The van der Waals surface area contributed by atoms with Gasteiger partial charge in [0.05, 0.1) is 37.3 Å². The van der Waals surface area contributed by atoms with Gasteiger partial charge < -0.3 is 19.3 Å². The van der Waals surface area contributed by atoms with E-state index < -0.39 is 0 Å². The number of likely N-dealkylation sites (tertiary alicyclic amines) is 1. The Bertz CT molecular complexity index is 1630. The third-order valence-electron chi connectivity index (χ3n) is 9.37. The normalized spacial score (nSPS) is 22.1. The van der Waals surface area contributed by atoms with Crippen LogP contribution in [0.1, 0.15) is 38.4 Å². The molecule has 11 heteroatoms. The van der Waals surface area contributed by atoms with Crippen LogP contribution in [0, 0.1) is 11.3 Å². The van der Waals surface area contributed by atoms with Crippen molar-refractivity contribution < 1.29 is 14.3 Å². The Labute approximate surface area is 232 Å². The van der Waals surface area contributed by atoms with Crippen LogP contribution in [0.25, 0.3) is 28.1 Å². The number of amides is 1. The van der Waals surface area contributed by atoms with Crippen molar-refractivity contribution in [2.24, 2.45) is 18.4 Å². The van der Waals surface area contributed by atoms with Gasteiger partial charge in [0.2, 0.25) is 11.9 Å². The predicted molar refractivity (Wildman–Crippen MR) is 149 cm³/mol. The summed E-state index contributed by atoms with van der Waals surface area (Å²) in [5, 5.41) is 0. The number of aryl methyl sites for hydroxylation is 2. The van der Waals surface area contributed by atoms with Crippen LogP contribution in [-0.2, 0) is 23.0 Å². The van der Waals surface area contributed by atoms with Crippen LogP contribution in [0.3, 0.4) is 0 Å². The lowest BCUT2D eigenvalue weighted by molar-refractivity contribution is -0.143. The molecule has 2 aliphatic carbocycles. The quantitative estimate of drug-likeness (QED) is 0.367. The second-order valence-electron chi connectivity index (χ2n) is 11.7. The van der Waals surface area contributed by atoms with E-state index in [0.717, 1.165) is 48.6 Å². The molecule has 1 spiro atoms. The molecule has 0 radical (unpaired) electrons. The summed E-state index contributed by atoms with van der Waals surface area (Å²) in [6.07, 6.45) is 5.48. The number of carbonyl (C=O) groups excluding carboxylic acids is 1. The second kappa shape index (κ2) is 8.89. The molecule has 4 aliphatic rings. The first-order valence-electron chi connectivity index (χ1n) is 14.5. The Hall–Kier alpha value is -3.73. The summed E-state index contributed by atoms with van der Waals surface area (Å²) in [6, 6.07) is 8.59. The highest BCUT2D eigenvalue weighted by Crippen LogP contribution is 2.66. The molecule has 2 saturated heterocycles. The average Bonchev–Trinajstić information content (AvgIpc) is 3.51. The molecule has 1 aromatic carbocycles. The van der Waals surface area contributed by atoms with E-state index in [2.05, 4.69) is 22.5 Å². The van der Waals surface area contributed by atoms with Gasteiger partial charge in [-0.2, -0.15) is 15.0 Å². The van der Waals surface area contributed by atoms with E-state index in [9.17, 15) is 4.79 Å². The molecule has 208 valence electrons. The predicted octanol–water partition coefficient (Wildman–Crippen LogP) is 2.88. The molecule has 0 N–H and O–H groups in total. The summed E-state index contributed by atoms with van der Waals surface area (Å²) in [7, 11) is 1.93. The lowest BCUT2D eigenvalue weighted by atomic mass is 9.79. The molecule has 1 atom stereocenters. The van der Waals surface area contributed by atoms with Crippen LogP contribution < -0.4 is 9.64 Å². The number of hydrogen-bond donors (Lipinski definition) is 0. The van der Waals surface area contributed by atoms with Crippen molar-refractivity contribution in [3.8, 4) is 12.0 Å². The smallest absolute Gasteiger partial charge is 0.298 e. The van der Waals surface area contributed by atoms with Crippen molar-refractivity contribution in [3.63, 3.8) is 0 Å². The van der Waals surface area contributed by atoms with Gasteiger partial charge in [-0.15, -0.1) is 0 Å². The Kier molecular flexibility index (Phi) is 5.35. The number of morpholine rings is 1. The zero-order valence-corrected chi connectivity index (χ0v) is 23.0. The first-order chi connectivity index (χ1) is 19.5. The molecule has 40 heavy (non-hydrogen) atoms. The largest absolute Gasteiger partial charge is 0.458 e. The molecule has 11 nitrogen and oxygen atoms in total. The van der Waals surface area contributed by atoms with E-state index in [-0.39, 0.29) is 12.0 Å². The van der Waals surface area contributed by atoms with Crippen LogP contribution in [0.15, 0.2) is 24.3 Å². The lowest BCUT2D eigenvalue weighted by Gasteiger charge is -2.39. The summed E-state index contributed by atoms with van der Waals surface area (Å²) in [4.78, 5) is 36.9. The van der Waals surface area contributed by atoms with Gasteiger partial charge in [0.15, 0.2) is 17.0 Å². The highest BCUT2D eigenvalue weighted by molar-refractivity contribution is 5.86. The number of aromatic nitrogens is 6. The van der Waals surface area contributed by atoms with Gasteiger partial charge in [0.25, 0.3) is 6.01 Å². The van der Waals surface area contributed by atoms with Gasteiger partial charge >= 0.3 is 0 Å². The minimum Gasteiger partial charge on any atom is -0.458 e. The van der Waals surface area contributed by atoms with E-state index in [4.69, 9.17) is 29.4 Å². The van der Waals surface area contributed by atoms with Crippen molar-refractivity contribution in [3.05, 3.63) is 30.1 Å². The summed E-state index contributed by atoms with van der Waals surface area (Å²) in [5.41, 5.74) is 3.67. The van der Waals surface area contributed by atoms with Crippen molar-refractivity contribution in [1.82, 2.24) is 34.0 Å². The Morgan fingerprint density at radius 1 is 1.10 bits per heavy atom. The third-order valence-corrected chi connectivity index (χ3v) is 9.37. The van der Waals surface area contributed by atoms with Gasteiger partial charge in [-0.3, -0.25) is 13.9 Å². The van der Waals surface area contributed by atoms with Crippen LogP contribution in [0.4, 0.5) is 5.82 Å². The molecule has 4 fully saturated rings. The highest BCUT2D eigenvalue weighted by atomic mass is 16.5. The molecule has 4 aromatic rings. The summed E-state index contributed by atoms with van der Waals surface area (Å²) in [6.45, 7) is 6.05. The van der Waals surface area contributed by atoms with Crippen molar-refractivity contribution >= 4 is 33.9 Å². The minimum atomic E-state index is -0.0703. The van der Waals surface area contributed by atoms with Crippen LogP contribution >= 0.6 is 0 Å². The van der Waals surface area contributed by atoms with Gasteiger partial charge in [0.1, 0.15) is 11.9 Å². The fraction of sp³-hybridized carbons (Fsp3) is 0.552. The lowest BCUT2D eigenvalue weighted by Crippen LogP contribution is -2.57. The molecule has 1 amide bonds. The van der Waals surface area contributed by atoms with E-state index in [1.54, 1.807) is 0 Å². The van der Waals surface area contributed by atoms with E-state index in [1.165, 1.54) is 19.3 Å². The van der Waals surface area contributed by atoms with Crippen LogP contribution in [0.2, 0.25) is 0 Å². The summed E-state index contributed by atoms with van der Waals surface area (Å²) >= 11 is 0. The number of nitrogens with zero attached hydrogens (tertiary/aromatic N) is 8. The number of hydrogen-bond acceptors (Lipinski definition) is 8. The molecular weight excluding hydrogens is 508 g/mol. The highest BCUT2D eigenvalue weighted by Gasteiger charge is 2.62. The van der Waals surface area contributed by atoms with Crippen molar-refractivity contribution in [1.29, 1.82) is 0 Å². The van der Waals surface area contributed by atoms with Crippen molar-refractivity contribution in [2.45, 2.75) is 45.1 Å². The number of fused-ring (bicyclic) bond motifs is 2. The average molecular weight is 543 g/mol. The molecule has 3 aromatic heterocycles. The van der Waals surface area contributed by atoms with Gasteiger partial charge in [-0.25, -0.2) is 4.98 Å². The maximum atomic E-state index is 12.9. The molecule has 2 aliphatic heterocycles. The first-order valence-corrected chi connectivity index (χ1v) is 14.5. The SMILES string of the molecule is CCc1nc2ccccc2n1-c1nc(N2CCOCC2)c2nc(OC3CN(C(=O)[C@H]4CC45CCC5)C3)n(C)c2n1. The van der Waals surface area contributed by atoms with Crippen molar-refractivity contribution in [2.75, 3.05) is 44.3 Å². The Balaban J connectivity index is 1.13. The standard InChI is InChI=1S/C29H34N8O3/c1-3-22-30-20-7-4-5-8-21(20)37(22)27-32-24-23(25(33-27)35-11-13-39-14-12-35)31-28(34(24)2)40-18-16-36(17-18)26(38)19-15-29(19)9-6-10-29/h4-5,7-8,18-19H,3,6,9-17H2,1-2H3/t19-/m1/s1. The number of ether oxygens (including phenoxy) is 2. The second-order valence-corrected chi connectivity index (χ2v) is 11.7. The number of anilines is 1. The van der Waals surface area contributed by atoms with E-state index in [0.29, 0.717) is 60.7 Å². The van der Waals surface area contributed by atoms with E-state index in [1.807, 2.05) is 34.7 Å².